The van der Waals surface area contributed by atoms with Gasteiger partial charge in [0.1, 0.15) is 6.04 Å². The summed E-state index contributed by atoms with van der Waals surface area (Å²) in [6, 6.07) is 16.8. The average Bonchev–Trinajstić information content (AvgIpc) is 2.60. The average molecular weight is 326 g/mol. The molecule has 2 rings (SSSR count). The summed E-state index contributed by atoms with van der Waals surface area (Å²) >= 11 is 0. The fraction of sp³-hybridized carbons (Fsp3) is 0.167. The van der Waals surface area contributed by atoms with E-state index in [2.05, 4.69) is 5.32 Å². The lowest BCUT2D eigenvalue weighted by molar-refractivity contribution is -0.149. The molecule has 0 aliphatic carbocycles. The number of benzene rings is 2. The molecule has 0 aliphatic heterocycles. The lowest BCUT2D eigenvalue weighted by atomic mass is 10.1. The predicted molar refractivity (Wildman–Crippen MR) is 88.0 cm³/mol. The molecule has 0 unspecified atom stereocenters. The highest BCUT2D eigenvalue weighted by molar-refractivity contribution is 5.97. The molecule has 0 saturated carbocycles. The molecular formula is C18H18N2O4. The van der Waals surface area contributed by atoms with Gasteiger partial charge in [0.2, 0.25) is 0 Å². The van der Waals surface area contributed by atoms with Crippen molar-refractivity contribution < 1.29 is 19.1 Å². The smallest absolute Gasteiger partial charge is 0.329 e. The fourth-order valence-electron chi connectivity index (χ4n) is 2.12. The minimum atomic E-state index is -0.917. The SMILES string of the molecule is NC(=O)COC(=O)[C@H](Cc1ccccc1)NC(=O)c1ccccc1. The van der Waals surface area contributed by atoms with E-state index in [4.69, 9.17) is 10.5 Å². The summed E-state index contributed by atoms with van der Waals surface area (Å²) in [6.07, 6.45) is 0.247. The fourth-order valence-corrected chi connectivity index (χ4v) is 2.12. The summed E-state index contributed by atoms with van der Waals surface area (Å²) in [4.78, 5) is 35.2. The first-order valence-electron chi connectivity index (χ1n) is 7.41. The van der Waals surface area contributed by atoms with Gasteiger partial charge in [-0.2, -0.15) is 0 Å². The van der Waals surface area contributed by atoms with Crippen LogP contribution in [-0.2, 0) is 20.7 Å². The first-order chi connectivity index (χ1) is 11.6. The molecule has 0 radical (unpaired) electrons. The van der Waals surface area contributed by atoms with Crippen LogP contribution < -0.4 is 11.1 Å². The van der Waals surface area contributed by atoms with Gasteiger partial charge in [0.05, 0.1) is 0 Å². The van der Waals surface area contributed by atoms with Crippen LogP contribution in [0.25, 0.3) is 0 Å². The maximum Gasteiger partial charge on any atom is 0.329 e. The highest BCUT2D eigenvalue weighted by Gasteiger charge is 2.23. The first kappa shape index (κ1) is 17.2. The molecule has 2 aromatic carbocycles. The van der Waals surface area contributed by atoms with E-state index in [1.807, 2.05) is 30.3 Å². The van der Waals surface area contributed by atoms with Gasteiger partial charge in [-0.05, 0) is 17.7 Å². The lowest BCUT2D eigenvalue weighted by Crippen LogP contribution is -2.44. The van der Waals surface area contributed by atoms with Crippen LogP contribution in [0.2, 0.25) is 0 Å². The number of amides is 2. The molecule has 0 saturated heterocycles. The predicted octanol–water partition coefficient (Wildman–Crippen LogP) is 1.06. The van der Waals surface area contributed by atoms with E-state index in [0.717, 1.165) is 5.56 Å². The number of hydrogen-bond acceptors (Lipinski definition) is 4. The van der Waals surface area contributed by atoms with Gasteiger partial charge >= 0.3 is 5.97 Å². The Morgan fingerprint density at radius 2 is 1.54 bits per heavy atom. The van der Waals surface area contributed by atoms with E-state index >= 15 is 0 Å². The zero-order valence-electron chi connectivity index (χ0n) is 13.0. The Morgan fingerprint density at radius 3 is 2.12 bits per heavy atom. The summed E-state index contributed by atoms with van der Waals surface area (Å²) in [7, 11) is 0. The highest BCUT2D eigenvalue weighted by atomic mass is 16.5. The van der Waals surface area contributed by atoms with Gasteiger partial charge in [0.25, 0.3) is 11.8 Å². The quantitative estimate of drug-likeness (QED) is 0.743. The number of rotatable bonds is 7. The topological polar surface area (TPSA) is 98.5 Å². The van der Waals surface area contributed by atoms with E-state index < -0.39 is 30.4 Å². The van der Waals surface area contributed by atoms with Crippen LogP contribution in [0.3, 0.4) is 0 Å². The second-order valence-corrected chi connectivity index (χ2v) is 5.16. The molecule has 124 valence electrons. The molecule has 0 spiro atoms. The summed E-state index contributed by atoms with van der Waals surface area (Å²) in [5.74, 6) is -1.86. The molecule has 3 N–H and O–H groups in total. The van der Waals surface area contributed by atoms with E-state index in [1.165, 1.54) is 0 Å². The molecule has 0 heterocycles. The summed E-state index contributed by atoms with van der Waals surface area (Å²) in [5, 5.41) is 2.64. The summed E-state index contributed by atoms with van der Waals surface area (Å²) in [5.41, 5.74) is 6.26. The molecule has 0 aliphatic rings. The van der Waals surface area contributed by atoms with Crippen LogP contribution in [0, 0.1) is 0 Å². The van der Waals surface area contributed by atoms with Crippen LogP contribution in [0.5, 0.6) is 0 Å². The minimum Gasteiger partial charge on any atom is -0.454 e. The van der Waals surface area contributed by atoms with Crippen molar-refractivity contribution in [2.75, 3.05) is 6.61 Å². The zero-order valence-corrected chi connectivity index (χ0v) is 13.0. The van der Waals surface area contributed by atoms with Crippen LogP contribution in [0.15, 0.2) is 60.7 Å². The monoisotopic (exact) mass is 326 g/mol. The van der Waals surface area contributed by atoms with Crippen molar-refractivity contribution in [2.24, 2.45) is 5.73 Å². The van der Waals surface area contributed by atoms with Gasteiger partial charge in [-0.1, -0.05) is 48.5 Å². The lowest BCUT2D eigenvalue weighted by Gasteiger charge is -2.17. The standard InChI is InChI=1S/C18H18N2O4/c19-16(21)12-24-18(23)15(11-13-7-3-1-4-8-13)20-17(22)14-9-5-2-6-10-14/h1-10,15H,11-12H2,(H2,19,21)(H,20,22)/t15-/m0/s1. The van der Waals surface area contributed by atoms with Gasteiger partial charge in [-0.25, -0.2) is 4.79 Å². The summed E-state index contributed by atoms with van der Waals surface area (Å²) < 4.78 is 4.85. The van der Waals surface area contributed by atoms with E-state index in [0.29, 0.717) is 5.56 Å². The molecule has 6 nitrogen and oxygen atoms in total. The molecule has 2 aromatic rings. The first-order valence-corrected chi connectivity index (χ1v) is 7.41. The Bertz CT molecular complexity index is 701. The number of esters is 1. The van der Waals surface area contributed by atoms with Gasteiger partial charge in [-0.15, -0.1) is 0 Å². The van der Waals surface area contributed by atoms with Crippen LogP contribution in [-0.4, -0.2) is 30.4 Å². The number of hydrogen-bond donors (Lipinski definition) is 2. The van der Waals surface area contributed by atoms with Crippen molar-refractivity contribution in [1.29, 1.82) is 0 Å². The van der Waals surface area contributed by atoms with Crippen molar-refractivity contribution in [2.45, 2.75) is 12.5 Å². The van der Waals surface area contributed by atoms with E-state index in [9.17, 15) is 14.4 Å². The van der Waals surface area contributed by atoms with Gasteiger partial charge < -0.3 is 15.8 Å². The molecule has 0 bridgehead atoms. The molecule has 24 heavy (non-hydrogen) atoms. The van der Waals surface area contributed by atoms with E-state index in [-0.39, 0.29) is 6.42 Å². The number of carbonyl (C=O) groups excluding carboxylic acids is 3. The second-order valence-electron chi connectivity index (χ2n) is 5.16. The van der Waals surface area contributed by atoms with E-state index in [1.54, 1.807) is 30.3 Å². The highest BCUT2D eigenvalue weighted by Crippen LogP contribution is 2.07. The molecule has 2 amide bonds. The third kappa shape index (κ3) is 5.24. The van der Waals surface area contributed by atoms with Crippen LogP contribution in [0.4, 0.5) is 0 Å². The summed E-state index contributed by atoms with van der Waals surface area (Å²) in [6.45, 7) is -0.522. The maximum absolute atomic E-state index is 12.3. The number of ether oxygens (including phenoxy) is 1. The third-order valence-electron chi connectivity index (χ3n) is 3.27. The Balaban J connectivity index is 2.11. The number of carbonyl (C=O) groups is 3. The van der Waals surface area contributed by atoms with Crippen molar-refractivity contribution in [1.82, 2.24) is 5.32 Å². The van der Waals surface area contributed by atoms with Crippen molar-refractivity contribution in [3.8, 4) is 0 Å². The molecule has 1 atom stereocenters. The van der Waals surface area contributed by atoms with Crippen molar-refractivity contribution in [3.63, 3.8) is 0 Å². The van der Waals surface area contributed by atoms with Crippen molar-refractivity contribution in [3.05, 3.63) is 71.8 Å². The molecule has 0 aromatic heterocycles. The van der Waals surface area contributed by atoms with Gasteiger partial charge in [0, 0.05) is 12.0 Å². The maximum atomic E-state index is 12.3. The second kappa shape index (κ2) is 8.47. The molecule has 0 fully saturated rings. The Labute approximate surface area is 139 Å². The molecule has 6 heteroatoms. The van der Waals surface area contributed by atoms with Crippen molar-refractivity contribution >= 4 is 17.8 Å². The van der Waals surface area contributed by atoms with Crippen LogP contribution in [0.1, 0.15) is 15.9 Å². The third-order valence-corrected chi connectivity index (χ3v) is 3.27. The van der Waals surface area contributed by atoms with Gasteiger partial charge in [-0.3, -0.25) is 9.59 Å². The van der Waals surface area contributed by atoms with Gasteiger partial charge in [0.15, 0.2) is 6.61 Å². The molecular weight excluding hydrogens is 308 g/mol. The zero-order chi connectivity index (χ0) is 17.4. The number of primary amides is 1. The number of nitrogens with one attached hydrogen (secondary N) is 1. The van der Waals surface area contributed by atoms with Crippen LogP contribution >= 0.6 is 0 Å². The normalized spacial score (nSPS) is 11.3. The Morgan fingerprint density at radius 1 is 0.958 bits per heavy atom. The Kier molecular flexibility index (Phi) is 6.08. The number of nitrogens with two attached hydrogens (primary N) is 1. The largest absolute Gasteiger partial charge is 0.454 e. The minimum absolute atomic E-state index is 0.247. The Hall–Kier alpha value is -3.15.